The van der Waals surface area contributed by atoms with Gasteiger partial charge in [-0.3, -0.25) is 0 Å². The molecule has 0 N–H and O–H groups in total. The van der Waals surface area contributed by atoms with E-state index >= 15 is 0 Å². The van der Waals surface area contributed by atoms with Crippen molar-refractivity contribution in [2.24, 2.45) is 4.99 Å². The minimum Gasteiger partial charge on any atom is -0.366 e. The molecule has 4 aromatic rings. The van der Waals surface area contributed by atoms with Crippen LogP contribution < -0.4 is 4.90 Å². The third kappa shape index (κ3) is 2.85. The van der Waals surface area contributed by atoms with Crippen molar-refractivity contribution in [3.05, 3.63) is 90.6 Å². The van der Waals surface area contributed by atoms with Crippen LogP contribution in [0.15, 0.2) is 90.1 Å². The van der Waals surface area contributed by atoms with E-state index in [1.165, 1.54) is 16.8 Å². The number of likely N-dealkylation sites (N-methyl/N-ethyl adjacent to an activating group) is 1. The Balaban J connectivity index is 0.00000192. The number of hydrogen-bond acceptors (Lipinski definition) is 2. The van der Waals surface area contributed by atoms with Crippen LogP contribution in [0.1, 0.15) is 12.5 Å². The van der Waals surface area contributed by atoms with Crippen molar-refractivity contribution >= 4 is 39.7 Å². The number of benzene rings is 2. The van der Waals surface area contributed by atoms with E-state index in [-0.39, 0.29) is 23.0 Å². The Labute approximate surface area is 175 Å². The van der Waals surface area contributed by atoms with E-state index in [4.69, 9.17) is 4.99 Å². The molecule has 1 atom stereocenters. The van der Waals surface area contributed by atoms with E-state index in [2.05, 4.69) is 108 Å². The van der Waals surface area contributed by atoms with Crippen LogP contribution in [0.5, 0.6) is 0 Å². The summed E-state index contributed by atoms with van der Waals surface area (Å²) in [7, 11) is 2.14. The molecule has 0 bridgehead atoms. The smallest absolute Gasteiger partial charge is 0.145 e. The van der Waals surface area contributed by atoms with Crippen LogP contribution in [0, 0.1) is 0 Å². The minimum atomic E-state index is 0. The summed E-state index contributed by atoms with van der Waals surface area (Å²) < 4.78 is 2.18. The fourth-order valence-corrected chi connectivity index (χ4v) is 3.94. The highest BCUT2D eigenvalue weighted by Crippen LogP contribution is 2.37. The van der Waals surface area contributed by atoms with Gasteiger partial charge in [0.05, 0.1) is 11.8 Å². The first-order chi connectivity index (χ1) is 13.2. The Morgan fingerprint density at radius 1 is 0.821 bits per heavy atom. The predicted molar refractivity (Wildman–Crippen MR) is 124 cm³/mol. The summed E-state index contributed by atoms with van der Waals surface area (Å²) in [6, 6.07) is 27.8. The van der Waals surface area contributed by atoms with Crippen molar-refractivity contribution in [3.8, 4) is 11.1 Å². The van der Waals surface area contributed by atoms with Gasteiger partial charge in [0.15, 0.2) is 0 Å². The molecule has 28 heavy (non-hydrogen) atoms. The van der Waals surface area contributed by atoms with Crippen LogP contribution in [0.2, 0.25) is 0 Å². The maximum atomic E-state index is 5.23. The van der Waals surface area contributed by atoms with E-state index in [1.54, 1.807) is 0 Å². The second kappa shape index (κ2) is 7.28. The molecule has 1 unspecified atom stereocenters. The standard InChI is InChI=1S/C24H21N3.BrH/c1-17-23(20-13-6-7-14-22(20)26(17)2)25-24-21(18-10-4-3-5-11-18)16-19-12-8-9-15-27(19)24;/h3-17H,1-2H3;1H. The van der Waals surface area contributed by atoms with Gasteiger partial charge in [-0.25, -0.2) is 4.99 Å². The van der Waals surface area contributed by atoms with Crippen molar-refractivity contribution in [1.29, 1.82) is 0 Å². The molecule has 0 fully saturated rings. The summed E-state index contributed by atoms with van der Waals surface area (Å²) in [6.07, 6.45) is 2.09. The summed E-state index contributed by atoms with van der Waals surface area (Å²) in [5, 5.41) is 0. The van der Waals surface area contributed by atoms with Gasteiger partial charge in [0.2, 0.25) is 0 Å². The Morgan fingerprint density at radius 2 is 1.54 bits per heavy atom. The molecule has 0 amide bonds. The number of halogens is 1. The molecule has 0 aliphatic carbocycles. The van der Waals surface area contributed by atoms with Gasteiger partial charge in [-0.15, -0.1) is 17.0 Å². The highest BCUT2D eigenvalue weighted by molar-refractivity contribution is 8.93. The summed E-state index contributed by atoms with van der Waals surface area (Å²) in [5.41, 5.74) is 7.08. The zero-order valence-corrected chi connectivity index (χ0v) is 17.6. The van der Waals surface area contributed by atoms with Crippen molar-refractivity contribution < 1.29 is 0 Å². The lowest BCUT2D eigenvalue weighted by Gasteiger charge is -2.18. The fraction of sp³-hybridized carbons (Fsp3) is 0.125. The third-order valence-electron chi connectivity index (χ3n) is 5.50. The van der Waals surface area contributed by atoms with Crippen LogP contribution in [-0.4, -0.2) is 23.2 Å². The maximum Gasteiger partial charge on any atom is 0.145 e. The van der Waals surface area contributed by atoms with Gasteiger partial charge in [0, 0.05) is 35.6 Å². The van der Waals surface area contributed by atoms with E-state index in [0.29, 0.717) is 0 Å². The number of anilines is 1. The van der Waals surface area contributed by atoms with Crippen molar-refractivity contribution in [1.82, 2.24) is 4.40 Å². The third-order valence-corrected chi connectivity index (χ3v) is 5.50. The molecule has 3 nitrogen and oxygen atoms in total. The first-order valence-electron chi connectivity index (χ1n) is 9.30. The number of pyridine rings is 1. The topological polar surface area (TPSA) is 20.0 Å². The zero-order valence-electron chi connectivity index (χ0n) is 15.9. The van der Waals surface area contributed by atoms with Crippen molar-refractivity contribution in [2.75, 3.05) is 11.9 Å². The predicted octanol–water partition coefficient (Wildman–Crippen LogP) is 6.14. The molecule has 140 valence electrons. The molecule has 1 aliphatic heterocycles. The molecule has 5 rings (SSSR count). The molecular weight excluding hydrogens is 410 g/mol. The lowest BCUT2D eigenvalue weighted by Crippen LogP contribution is -2.28. The highest BCUT2D eigenvalue weighted by atomic mass is 79.9. The van der Waals surface area contributed by atoms with E-state index in [9.17, 15) is 0 Å². The van der Waals surface area contributed by atoms with Crippen LogP contribution in [0.3, 0.4) is 0 Å². The molecule has 0 saturated carbocycles. The lowest BCUT2D eigenvalue weighted by molar-refractivity contribution is 0.887. The molecule has 0 spiro atoms. The second-order valence-electron chi connectivity index (χ2n) is 7.04. The molecule has 2 aromatic carbocycles. The summed E-state index contributed by atoms with van der Waals surface area (Å²) in [6.45, 7) is 2.22. The van der Waals surface area contributed by atoms with E-state index in [1.807, 2.05) is 0 Å². The van der Waals surface area contributed by atoms with Gasteiger partial charge >= 0.3 is 0 Å². The summed E-state index contributed by atoms with van der Waals surface area (Å²) in [4.78, 5) is 7.53. The van der Waals surface area contributed by atoms with Crippen LogP contribution >= 0.6 is 17.0 Å². The largest absolute Gasteiger partial charge is 0.366 e. The van der Waals surface area contributed by atoms with Gasteiger partial charge < -0.3 is 9.30 Å². The van der Waals surface area contributed by atoms with Crippen LogP contribution in [0.25, 0.3) is 16.6 Å². The molecule has 0 radical (unpaired) electrons. The highest BCUT2D eigenvalue weighted by Gasteiger charge is 2.29. The van der Waals surface area contributed by atoms with Gasteiger partial charge in [-0.05, 0) is 36.8 Å². The van der Waals surface area contributed by atoms with Crippen molar-refractivity contribution in [3.63, 3.8) is 0 Å². The number of aromatic nitrogens is 1. The van der Waals surface area contributed by atoms with Gasteiger partial charge in [0.1, 0.15) is 5.82 Å². The van der Waals surface area contributed by atoms with Crippen molar-refractivity contribution in [2.45, 2.75) is 13.0 Å². The lowest BCUT2D eigenvalue weighted by atomic mass is 10.1. The molecule has 2 aromatic heterocycles. The zero-order chi connectivity index (χ0) is 18.4. The maximum absolute atomic E-state index is 5.23. The summed E-state index contributed by atoms with van der Waals surface area (Å²) >= 11 is 0. The SMILES string of the molecule is Br.CC1C(=Nc2c(-c3ccccc3)cc3ccccn23)c2ccccc2N1C. The Bertz CT molecular complexity index is 1160. The second-order valence-corrected chi connectivity index (χ2v) is 7.04. The monoisotopic (exact) mass is 431 g/mol. The molecule has 4 heteroatoms. The number of fused-ring (bicyclic) bond motifs is 2. The van der Waals surface area contributed by atoms with Crippen LogP contribution in [0.4, 0.5) is 11.5 Å². The Kier molecular flexibility index (Phi) is 4.82. The first-order valence-corrected chi connectivity index (χ1v) is 9.30. The number of aliphatic imine (C=N–C) groups is 1. The molecule has 1 aliphatic rings. The minimum absolute atomic E-state index is 0. The number of para-hydroxylation sites is 1. The van der Waals surface area contributed by atoms with Crippen LogP contribution in [-0.2, 0) is 0 Å². The fourth-order valence-electron chi connectivity index (χ4n) is 3.94. The number of rotatable bonds is 2. The van der Waals surface area contributed by atoms with Gasteiger partial charge in [0.25, 0.3) is 0 Å². The molecule has 3 heterocycles. The first kappa shape index (κ1) is 18.5. The Morgan fingerprint density at radius 3 is 2.36 bits per heavy atom. The molecular formula is C24H22BrN3. The van der Waals surface area contributed by atoms with E-state index in [0.717, 1.165) is 22.6 Å². The average molecular weight is 432 g/mol. The molecule has 0 saturated heterocycles. The number of nitrogens with zero attached hydrogens (tertiary/aromatic N) is 3. The number of hydrogen-bond donors (Lipinski definition) is 0. The van der Waals surface area contributed by atoms with E-state index < -0.39 is 0 Å². The van der Waals surface area contributed by atoms with Gasteiger partial charge in [-0.2, -0.15) is 0 Å². The quantitative estimate of drug-likeness (QED) is 0.372. The van der Waals surface area contributed by atoms with Gasteiger partial charge in [-0.1, -0.05) is 54.6 Å². The Hall–Kier alpha value is -2.85. The average Bonchev–Trinajstić information content (AvgIpc) is 3.20. The normalized spacial score (nSPS) is 17.0. The summed E-state index contributed by atoms with van der Waals surface area (Å²) in [5.74, 6) is 0.990.